The summed E-state index contributed by atoms with van der Waals surface area (Å²) >= 11 is 0. The van der Waals surface area contributed by atoms with Gasteiger partial charge in [0.2, 0.25) is 5.91 Å². The van der Waals surface area contributed by atoms with Gasteiger partial charge in [-0.1, -0.05) is 0 Å². The lowest BCUT2D eigenvalue weighted by molar-refractivity contribution is -0.122. The molecule has 0 radical (unpaired) electrons. The highest BCUT2D eigenvalue weighted by atomic mass is 16.5. The molecule has 1 fully saturated rings. The number of primary amides is 1. The number of hydrogen-bond donors (Lipinski definition) is 1. The Labute approximate surface area is 113 Å². The van der Waals surface area contributed by atoms with Gasteiger partial charge in [-0.15, -0.1) is 0 Å². The number of nitrogens with zero attached hydrogens (tertiary/aromatic N) is 1. The molecule has 0 aliphatic carbocycles. The molecule has 1 atom stereocenters. The molecule has 5 nitrogen and oxygen atoms in total. The molecule has 0 saturated carbocycles. The van der Waals surface area contributed by atoms with Gasteiger partial charge in [0.05, 0.1) is 20.1 Å². The predicted octanol–water partition coefficient (Wildman–Crippen LogP) is 1.41. The third-order valence-corrected chi connectivity index (χ3v) is 3.56. The van der Waals surface area contributed by atoms with E-state index in [-0.39, 0.29) is 11.8 Å². The van der Waals surface area contributed by atoms with Crippen LogP contribution in [0.4, 0.5) is 5.69 Å². The second kappa shape index (κ2) is 5.82. The number of piperidine rings is 1. The van der Waals surface area contributed by atoms with Gasteiger partial charge in [0.25, 0.3) is 0 Å². The molecule has 0 aromatic heterocycles. The normalized spacial score (nSPS) is 19.1. The van der Waals surface area contributed by atoms with Crippen molar-refractivity contribution in [2.24, 2.45) is 11.7 Å². The van der Waals surface area contributed by atoms with E-state index in [0.717, 1.165) is 25.1 Å². The summed E-state index contributed by atoms with van der Waals surface area (Å²) in [7, 11) is 3.23. The maximum atomic E-state index is 11.3. The number of hydrogen-bond acceptors (Lipinski definition) is 4. The van der Waals surface area contributed by atoms with Crippen LogP contribution in [-0.4, -0.2) is 33.2 Å². The third-order valence-electron chi connectivity index (χ3n) is 3.56. The first-order chi connectivity index (χ1) is 9.15. The summed E-state index contributed by atoms with van der Waals surface area (Å²) in [6.45, 7) is 1.60. The molecule has 1 saturated heterocycles. The second-order valence-corrected chi connectivity index (χ2v) is 4.73. The molecule has 104 valence electrons. The first-order valence-corrected chi connectivity index (χ1v) is 6.42. The van der Waals surface area contributed by atoms with E-state index in [1.54, 1.807) is 14.2 Å². The van der Waals surface area contributed by atoms with Crippen LogP contribution >= 0.6 is 0 Å². The van der Waals surface area contributed by atoms with Crippen molar-refractivity contribution >= 4 is 11.6 Å². The van der Waals surface area contributed by atoms with Crippen LogP contribution in [0.5, 0.6) is 11.5 Å². The van der Waals surface area contributed by atoms with E-state index in [1.165, 1.54) is 0 Å². The molecule has 19 heavy (non-hydrogen) atoms. The van der Waals surface area contributed by atoms with Gasteiger partial charge < -0.3 is 20.1 Å². The van der Waals surface area contributed by atoms with E-state index in [1.807, 2.05) is 18.2 Å². The lowest BCUT2D eigenvalue weighted by Gasteiger charge is -2.33. The van der Waals surface area contributed by atoms with E-state index in [4.69, 9.17) is 15.2 Å². The summed E-state index contributed by atoms with van der Waals surface area (Å²) in [4.78, 5) is 13.5. The van der Waals surface area contributed by atoms with Crippen LogP contribution in [0.15, 0.2) is 18.2 Å². The Bertz CT molecular complexity index is 462. The van der Waals surface area contributed by atoms with Crippen molar-refractivity contribution < 1.29 is 14.3 Å². The second-order valence-electron chi connectivity index (χ2n) is 4.73. The highest BCUT2D eigenvalue weighted by Crippen LogP contribution is 2.33. The van der Waals surface area contributed by atoms with Gasteiger partial charge in [-0.25, -0.2) is 0 Å². The smallest absolute Gasteiger partial charge is 0.222 e. The topological polar surface area (TPSA) is 64.8 Å². The summed E-state index contributed by atoms with van der Waals surface area (Å²) < 4.78 is 10.5. The first-order valence-electron chi connectivity index (χ1n) is 6.42. The molecule has 1 aliphatic heterocycles. The fourth-order valence-electron chi connectivity index (χ4n) is 2.47. The van der Waals surface area contributed by atoms with Gasteiger partial charge in [-0.05, 0) is 25.0 Å². The van der Waals surface area contributed by atoms with Crippen LogP contribution in [0, 0.1) is 5.92 Å². The Kier molecular flexibility index (Phi) is 4.14. The molecular weight excluding hydrogens is 244 g/mol. The molecule has 5 heteroatoms. The third kappa shape index (κ3) is 2.92. The largest absolute Gasteiger partial charge is 0.493 e. The average Bonchev–Trinajstić information content (AvgIpc) is 2.46. The number of methoxy groups -OCH3 is 2. The molecule has 1 heterocycles. The summed E-state index contributed by atoms with van der Waals surface area (Å²) in [6, 6.07) is 5.79. The Morgan fingerprint density at radius 3 is 2.68 bits per heavy atom. The van der Waals surface area contributed by atoms with Crippen LogP contribution in [-0.2, 0) is 4.79 Å². The zero-order valence-electron chi connectivity index (χ0n) is 11.4. The van der Waals surface area contributed by atoms with Gasteiger partial charge in [-0.2, -0.15) is 0 Å². The van der Waals surface area contributed by atoms with Crippen molar-refractivity contribution in [3.8, 4) is 11.5 Å². The van der Waals surface area contributed by atoms with Gasteiger partial charge in [0.15, 0.2) is 11.5 Å². The summed E-state index contributed by atoms with van der Waals surface area (Å²) in [5.74, 6) is 1.11. The number of anilines is 1. The number of ether oxygens (including phenoxy) is 2. The number of rotatable bonds is 4. The van der Waals surface area contributed by atoms with E-state index in [0.29, 0.717) is 18.0 Å². The van der Waals surface area contributed by atoms with Crippen molar-refractivity contribution in [3.05, 3.63) is 18.2 Å². The highest BCUT2D eigenvalue weighted by Gasteiger charge is 2.24. The Morgan fingerprint density at radius 1 is 1.32 bits per heavy atom. The Morgan fingerprint density at radius 2 is 2.05 bits per heavy atom. The van der Waals surface area contributed by atoms with E-state index < -0.39 is 0 Å². The molecule has 1 aliphatic rings. The van der Waals surface area contributed by atoms with Crippen molar-refractivity contribution in [1.29, 1.82) is 0 Å². The van der Waals surface area contributed by atoms with E-state index in [9.17, 15) is 4.79 Å². The molecule has 1 unspecified atom stereocenters. The van der Waals surface area contributed by atoms with Crippen molar-refractivity contribution in [2.75, 3.05) is 32.2 Å². The van der Waals surface area contributed by atoms with Gasteiger partial charge in [0, 0.05) is 24.8 Å². The molecule has 1 aromatic carbocycles. The van der Waals surface area contributed by atoms with Crippen LogP contribution in [0.2, 0.25) is 0 Å². The van der Waals surface area contributed by atoms with Crippen molar-refractivity contribution in [3.63, 3.8) is 0 Å². The summed E-state index contributed by atoms with van der Waals surface area (Å²) in [5, 5.41) is 0. The fraction of sp³-hybridized carbons (Fsp3) is 0.500. The maximum Gasteiger partial charge on any atom is 0.222 e. The molecule has 1 aromatic rings. The lowest BCUT2D eigenvalue weighted by Crippen LogP contribution is -2.41. The standard InChI is InChI=1S/C14H20N2O3/c1-18-12-6-5-11(8-13(12)19-2)16-7-3-4-10(9-16)14(15)17/h5-6,8,10H,3-4,7,9H2,1-2H3,(H2,15,17). The highest BCUT2D eigenvalue weighted by molar-refractivity contribution is 5.77. The van der Waals surface area contributed by atoms with Crippen LogP contribution in [0.3, 0.4) is 0 Å². The fourth-order valence-corrected chi connectivity index (χ4v) is 2.47. The van der Waals surface area contributed by atoms with E-state index in [2.05, 4.69) is 4.90 Å². The number of carbonyl (C=O) groups excluding carboxylic acids is 1. The number of benzene rings is 1. The molecule has 0 spiro atoms. The molecule has 2 N–H and O–H groups in total. The monoisotopic (exact) mass is 264 g/mol. The summed E-state index contributed by atoms with van der Waals surface area (Å²) in [6.07, 6.45) is 1.85. The zero-order valence-corrected chi connectivity index (χ0v) is 11.4. The summed E-state index contributed by atoms with van der Waals surface area (Å²) in [5.41, 5.74) is 6.43. The minimum atomic E-state index is -0.217. The quantitative estimate of drug-likeness (QED) is 0.893. The van der Waals surface area contributed by atoms with Gasteiger partial charge >= 0.3 is 0 Å². The molecular formula is C14H20N2O3. The number of amides is 1. The number of nitrogens with two attached hydrogens (primary N) is 1. The molecule has 2 rings (SSSR count). The maximum absolute atomic E-state index is 11.3. The minimum Gasteiger partial charge on any atom is -0.493 e. The zero-order chi connectivity index (χ0) is 13.8. The Balaban J connectivity index is 2.19. The van der Waals surface area contributed by atoms with Crippen LogP contribution in [0.1, 0.15) is 12.8 Å². The van der Waals surface area contributed by atoms with Gasteiger partial charge in [-0.3, -0.25) is 4.79 Å². The van der Waals surface area contributed by atoms with E-state index >= 15 is 0 Å². The first kappa shape index (κ1) is 13.5. The average molecular weight is 264 g/mol. The van der Waals surface area contributed by atoms with Crippen molar-refractivity contribution in [2.45, 2.75) is 12.8 Å². The van der Waals surface area contributed by atoms with Crippen molar-refractivity contribution in [1.82, 2.24) is 0 Å². The van der Waals surface area contributed by atoms with Crippen LogP contribution in [0.25, 0.3) is 0 Å². The lowest BCUT2D eigenvalue weighted by atomic mass is 9.97. The predicted molar refractivity (Wildman–Crippen MR) is 73.7 cm³/mol. The van der Waals surface area contributed by atoms with Gasteiger partial charge in [0.1, 0.15) is 0 Å². The Hall–Kier alpha value is -1.91. The molecule has 0 bridgehead atoms. The van der Waals surface area contributed by atoms with Crippen LogP contribution < -0.4 is 20.1 Å². The minimum absolute atomic E-state index is 0.0677. The SMILES string of the molecule is COc1ccc(N2CCCC(C(N)=O)C2)cc1OC. The number of carbonyl (C=O) groups is 1. The molecule has 1 amide bonds.